The molecule has 2 aromatic rings. The van der Waals surface area contributed by atoms with Crippen molar-refractivity contribution in [1.82, 2.24) is 0 Å². The molecular weight excluding hydrogens is 271 g/mol. The molecule has 0 spiro atoms. The zero-order valence-corrected chi connectivity index (χ0v) is 12.2. The van der Waals surface area contributed by atoms with E-state index in [1.165, 1.54) is 12.1 Å². The molecule has 21 heavy (non-hydrogen) atoms. The van der Waals surface area contributed by atoms with Gasteiger partial charge in [0.25, 0.3) is 0 Å². The van der Waals surface area contributed by atoms with Crippen molar-refractivity contribution in [1.29, 1.82) is 0 Å². The Labute approximate surface area is 124 Å². The Morgan fingerprint density at radius 3 is 2.52 bits per heavy atom. The number of hydrogen-bond acceptors (Lipinski definition) is 3. The molecule has 4 heteroatoms. The van der Waals surface area contributed by atoms with E-state index in [2.05, 4.69) is 0 Å². The number of phenolic OH excluding ortho intramolecular Hbond substituents is 1. The molecule has 0 aromatic heterocycles. The van der Waals surface area contributed by atoms with Crippen molar-refractivity contribution in [2.75, 3.05) is 13.7 Å². The fourth-order valence-electron chi connectivity index (χ4n) is 2.12. The van der Waals surface area contributed by atoms with Gasteiger partial charge in [-0.25, -0.2) is 4.39 Å². The molecule has 0 amide bonds. The van der Waals surface area contributed by atoms with Gasteiger partial charge in [0.15, 0.2) is 11.5 Å². The summed E-state index contributed by atoms with van der Waals surface area (Å²) in [5.41, 5.74) is 1.96. The van der Waals surface area contributed by atoms with Crippen LogP contribution in [0.25, 0.3) is 0 Å². The summed E-state index contributed by atoms with van der Waals surface area (Å²) >= 11 is 0. The molecule has 0 aliphatic heterocycles. The fourth-order valence-corrected chi connectivity index (χ4v) is 2.12. The highest BCUT2D eigenvalue weighted by Gasteiger charge is 2.11. The lowest BCUT2D eigenvalue weighted by molar-refractivity contribution is 0.274. The van der Waals surface area contributed by atoms with Crippen LogP contribution in [0.3, 0.4) is 0 Å². The smallest absolute Gasteiger partial charge is 0.203 e. The van der Waals surface area contributed by atoms with E-state index in [-0.39, 0.29) is 11.6 Å². The Morgan fingerprint density at radius 2 is 1.86 bits per heavy atom. The maximum Gasteiger partial charge on any atom is 0.203 e. The van der Waals surface area contributed by atoms with Gasteiger partial charge in [0.1, 0.15) is 5.82 Å². The van der Waals surface area contributed by atoms with E-state index < -0.39 is 0 Å². The molecule has 0 unspecified atom stereocenters. The second-order valence-corrected chi connectivity index (χ2v) is 4.89. The minimum atomic E-state index is -0.232. The number of ether oxygens (including phenoxy) is 2. The third kappa shape index (κ3) is 4.12. The van der Waals surface area contributed by atoms with Crippen molar-refractivity contribution in [3.63, 3.8) is 0 Å². The third-order valence-corrected chi connectivity index (χ3v) is 3.17. The van der Waals surface area contributed by atoms with Crippen LogP contribution in [0.1, 0.15) is 17.5 Å². The average Bonchev–Trinajstić information content (AvgIpc) is 2.46. The first-order chi connectivity index (χ1) is 10.1. The monoisotopic (exact) mass is 290 g/mol. The molecular formula is C17H19FO3. The van der Waals surface area contributed by atoms with Crippen LogP contribution in [-0.4, -0.2) is 18.8 Å². The Kier molecular flexibility index (Phi) is 5.04. The number of methoxy groups -OCH3 is 1. The summed E-state index contributed by atoms with van der Waals surface area (Å²) in [6.45, 7) is 2.32. The predicted octanol–water partition coefficient (Wildman–Crippen LogP) is 3.86. The quantitative estimate of drug-likeness (QED) is 0.821. The van der Waals surface area contributed by atoms with Crippen molar-refractivity contribution < 1.29 is 19.0 Å². The molecule has 3 nitrogen and oxygen atoms in total. The summed E-state index contributed by atoms with van der Waals surface area (Å²) in [5.74, 6) is 0.731. The molecule has 2 aromatic carbocycles. The molecule has 0 atom stereocenters. The highest BCUT2D eigenvalue weighted by molar-refractivity contribution is 5.52. The van der Waals surface area contributed by atoms with Crippen LogP contribution in [0.5, 0.6) is 17.2 Å². The van der Waals surface area contributed by atoms with Crippen LogP contribution in [-0.2, 0) is 6.42 Å². The van der Waals surface area contributed by atoms with Gasteiger partial charge in [-0.15, -0.1) is 0 Å². The van der Waals surface area contributed by atoms with E-state index in [4.69, 9.17) is 9.47 Å². The van der Waals surface area contributed by atoms with Crippen LogP contribution < -0.4 is 9.47 Å². The first kappa shape index (κ1) is 15.2. The molecule has 112 valence electrons. The molecule has 0 saturated carbocycles. The Bertz CT molecular complexity index is 594. The van der Waals surface area contributed by atoms with Crippen LogP contribution in [0.2, 0.25) is 0 Å². The van der Waals surface area contributed by atoms with Crippen molar-refractivity contribution in [3.05, 3.63) is 53.3 Å². The largest absolute Gasteiger partial charge is 0.504 e. The zero-order valence-electron chi connectivity index (χ0n) is 12.2. The maximum absolute atomic E-state index is 12.8. The molecule has 0 aliphatic carbocycles. The highest BCUT2D eigenvalue weighted by Crippen LogP contribution is 2.37. The lowest BCUT2D eigenvalue weighted by Gasteiger charge is -2.13. The van der Waals surface area contributed by atoms with Gasteiger partial charge >= 0.3 is 0 Å². The Balaban J connectivity index is 1.90. The van der Waals surface area contributed by atoms with Gasteiger partial charge in [-0.1, -0.05) is 12.1 Å². The van der Waals surface area contributed by atoms with Gasteiger partial charge in [0, 0.05) is 0 Å². The van der Waals surface area contributed by atoms with Crippen molar-refractivity contribution in [2.45, 2.75) is 19.8 Å². The maximum atomic E-state index is 12.8. The Hall–Kier alpha value is -2.23. The van der Waals surface area contributed by atoms with Gasteiger partial charge < -0.3 is 14.6 Å². The summed E-state index contributed by atoms with van der Waals surface area (Å²) in [4.78, 5) is 0. The van der Waals surface area contributed by atoms with Gasteiger partial charge in [0.2, 0.25) is 5.75 Å². The average molecular weight is 290 g/mol. The summed E-state index contributed by atoms with van der Waals surface area (Å²) in [6, 6.07) is 9.88. The van der Waals surface area contributed by atoms with Crippen LogP contribution >= 0.6 is 0 Å². The first-order valence-corrected chi connectivity index (χ1v) is 6.85. The van der Waals surface area contributed by atoms with Gasteiger partial charge in [-0.3, -0.25) is 0 Å². The number of aryl methyl sites for hydroxylation is 2. The molecule has 0 fully saturated rings. The van der Waals surface area contributed by atoms with Crippen LogP contribution in [0.15, 0.2) is 36.4 Å². The lowest BCUT2D eigenvalue weighted by atomic mass is 10.1. The van der Waals surface area contributed by atoms with Gasteiger partial charge in [0.05, 0.1) is 13.7 Å². The minimum absolute atomic E-state index is 0.0774. The summed E-state index contributed by atoms with van der Waals surface area (Å²) in [7, 11) is 1.54. The minimum Gasteiger partial charge on any atom is -0.504 e. The predicted molar refractivity (Wildman–Crippen MR) is 79.6 cm³/mol. The summed E-state index contributed by atoms with van der Waals surface area (Å²) in [6.07, 6.45) is 1.55. The van der Waals surface area contributed by atoms with E-state index >= 15 is 0 Å². The molecule has 1 N–H and O–H groups in total. The number of benzene rings is 2. The fraction of sp³-hybridized carbons (Fsp3) is 0.294. The second-order valence-electron chi connectivity index (χ2n) is 4.89. The van der Waals surface area contributed by atoms with Gasteiger partial charge in [-0.05, 0) is 55.2 Å². The SMILES string of the molecule is COc1cc(C)cc(O)c1OCCCc1ccc(F)cc1. The number of hydrogen-bond donors (Lipinski definition) is 1. The molecule has 0 heterocycles. The molecule has 0 bridgehead atoms. The lowest BCUT2D eigenvalue weighted by Crippen LogP contribution is -2.01. The normalized spacial score (nSPS) is 10.4. The summed E-state index contributed by atoms with van der Waals surface area (Å²) < 4.78 is 23.6. The Morgan fingerprint density at radius 1 is 1.14 bits per heavy atom. The van der Waals surface area contributed by atoms with Gasteiger partial charge in [-0.2, -0.15) is 0 Å². The molecule has 0 aliphatic rings. The van der Waals surface area contributed by atoms with E-state index in [1.54, 1.807) is 25.3 Å². The number of phenols is 1. The number of halogens is 1. The molecule has 2 rings (SSSR count). The first-order valence-electron chi connectivity index (χ1n) is 6.85. The molecule has 0 saturated heterocycles. The van der Waals surface area contributed by atoms with Crippen molar-refractivity contribution in [3.8, 4) is 17.2 Å². The topological polar surface area (TPSA) is 38.7 Å². The van der Waals surface area contributed by atoms with E-state index in [1.807, 2.05) is 13.0 Å². The summed E-state index contributed by atoms with van der Waals surface area (Å²) in [5, 5.41) is 9.90. The third-order valence-electron chi connectivity index (χ3n) is 3.17. The van der Waals surface area contributed by atoms with Crippen LogP contribution in [0.4, 0.5) is 4.39 Å². The van der Waals surface area contributed by atoms with E-state index in [0.29, 0.717) is 18.1 Å². The van der Waals surface area contributed by atoms with E-state index in [9.17, 15) is 9.50 Å². The van der Waals surface area contributed by atoms with Crippen molar-refractivity contribution >= 4 is 0 Å². The molecule has 0 radical (unpaired) electrons. The van der Waals surface area contributed by atoms with E-state index in [0.717, 1.165) is 24.0 Å². The second kappa shape index (κ2) is 6.97. The highest BCUT2D eigenvalue weighted by atomic mass is 19.1. The standard InChI is InChI=1S/C17H19FO3/c1-12-10-15(19)17(16(11-12)20-2)21-9-3-4-13-5-7-14(18)8-6-13/h5-8,10-11,19H,3-4,9H2,1-2H3. The van der Waals surface area contributed by atoms with Crippen molar-refractivity contribution in [2.24, 2.45) is 0 Å². The number of rotatable bonds is 6. The number of aromatic hydroxyl groups is 1. The van der Waals surface area contributed by atoms with Crippen LogP contribution in [0, 0.1) is 12.7 Å². The zero-order chi connectivity index (χ0) is 15.2.